The van der Waals surface area contributed by atoms with E-state index in [-0.39, 0.29) is 29.4 Å². The molecule has 1 atom stereocenters. The molecule has 112 valence electrons. The summed E-state index contributed by atoms with van der Waals surface area (Å²) >= 11 is 5.92. The van der Waals surface area contributed by atoms with Gasteiger partial charge in [-0.2, -0.15) is 0 Å². The second-order valence-corrected chi connectivity index (χ2v) is 5.67. The summed E-state index contributed by atoms with van der Waals surface area (Å²) in [7, 11) is 0. The van der Waals surface area contributed by atoms with Gasteiger partial charge >= 0.3 is 5.97 Å². The minimum Gasteiger partial charge on any atom is -0.481 e. The van der Waals surface area contributed by atoms with Crippen molar-refractivity contribution in [3.05, 3.63) is 38.9 Å². The van der Waals surface area contributed by atoms with E-state index in [1.807, 2.05) is 0 Å². The van der Waals surface area contributed by atoms with Crippen molar-refractivity contribution in [3.8, 4) is 0 Å². The molecular formula is C13H13ClN2O5. The largest absolute Gasteiger partial charge is 0.481 e. The van der Waals surface area contributed by atoms with Crippen molar-refractivity contribution < 1.29 is 19.6 Å². The maximum atomic E-state index is 12.4. The quantitative estimate of drug-likeness (QED) is 0.681. The average molecular weight is 313 g/mol. The van der Waals surface area contributed by atoms with E-state index in [1.165, 1.54) is 17.0 Å². The van der Waals surface area contributed by atoms with Crippen LogP contribution in [0.3, 0.4) is 0 Å². The smallest absolute Gasteiger partial charge is 0.311 e. The van der Waals surface area contributed by atoms with Gasteiger partial charge in [-0.05, 0) is 19.4 Å². The summed E-state index contributed by atoms with van der Waals surface area (Å²) < 4.78 is 0. The Hall–Kier alpha value is -2.15. The zero-order valence-corrected chi connectivity index (χ0v) is 12.0. The number of carbonyl (C=O) groups excluding carboxylic acids is 1. The lowest BCUT2D eigenvalue weighted by Gasteiger charge is -2.20. The summed E-state index contributed by atoms with van der Waals surface area (Å²) in [5.74, 6) is -1.46. The Balaban J connectivity index is 2.28. The highest BCUT2D eigenvalue weighted by molar-refractivity contribution is 6.34. The molecule has 1 aliphatic heterocycles. The van der Waals surface area contributed by atoms with E-state index in [9.17, 15) is 19.7 Å². The van der Waals surface area contributed by atoms with Crippen molar-refractivity contribution in [2.24, 2.45) is 5.41 Å². The monoisotopic (exact) mass is 312 g/mol. The second kappa shape index (κ2) is 5.33. The number of halogens is 1. The topological polar surface area (TPSA) is 101 Å². The number of benzene rings is 1. The first kappa shape index (κ1) is 15.2. The molecule has 1 heterocycles. The Kier molecular flexibility index (Phi) is 3.87. The molecule has 1 fully saturated rings. The Morgan fingerprint density at radius 3 is 2.67 bits per heavy atom. The molecule has 2 rings (SSSR count). The first-order valence-electron chi connectivity index (χ1n) is 6.21. The third-order valence-corrected chi connectivity index (χ3v) is 4.00. The van der Waals surface area contributed by atoms with Gasteiger partial charge in [0.1, 0.15) is 0 Å². The molecule has 7 nitrogen and oxygen atoms in total. The molecule has 0 spiro atoms. The Bertz CT molecular complexity index is 633. The number of likely N-dealkylation sites (tertiary alicyclic amines) is 1. The van der Waals surface area contributed by atoms with E-state index >= 15 is 0 Å². The number of aliphatic carboxylic acids is 1. The first-order chi connectivity index (χ1) is 9.74. The van der Waals surface area contributed by atoms with Gasteiger partial charge in [-0.3, -0.25) is 19.7 Å². The minimum atomic E-state index is -0.997. The van der Waals surface area contributed by atoms with Crippen LogP contribution in [0.2, 0.25) is 5.02 Å². The van der Waals surface area contributed by atoms with Crippen LogP contribution in [-0.4, -0.2) is 39.9 Å². The van der Waals surface area contributed by atoms with Gasteiger partial charge < -0.3 is 10.0 Å². The highest BCUT2D eigenvalue weighted by Gasteiger charge is 2.42. The van der Waals surface area contributed by atoms with Crippen LogP contribution in [0.15, 0.2) is 18.2 Å². The number of hydrogen-bond donors (Lipinski definition) is 1. The van der Waals surface area contributed by atoms with Gasteiger partial charge in [0.05, 0.1) is 20.9 Å². The molecule has 1 aromatic carbocycles. The molecule has 0 radical (unpaired) electrons. The molecule has 1 saturated heterocycles. The summed E-state index contributed by atoms with van der Waals surface area (Å²) in [6, 6.07) is 3.62. The van der Waals surface area contributed by atoms with Crippen molar-refractivity contribution in [2.45, 2.75) is 13.3 Å². The molecule has 1 N–H and O–H groups in total. The Morgan fingerprint density at radius 1 is 1.48 bits per heavy atom. The van der Waals surface area contributed by atoms with Crippen LogP contribution < -0.4 is 0 Å². The summed E-state index contributed by atoms with van der Waals surface area (Å²) in [5.41, 5.74) is -1.22. The maximum absolute atomic E-state index is 12.4. The lowest BCUT2D eigenvalue weighted by Crippen LogP contribution is -2.35. The molecule has 1 unspecified atom stereocenters. The highest BCUT2D eigenvalue weighted by Crippen LogP contribution is 2.32. The third-order valence-electron chi connectivity index (χ3n) is 3.67. The van der Waals surface area contributed by atoms with Crippen LogP contribution in [0, 0.1) is 15.5 Å². The van der Waals surface area contributed by atoms with Crippen LogP contribution in [-0.2, 0) is 4.79 Å². The minimum absolute atomic E-state index is 0.0144. The fourth-order valence-corrected chi connectivity index (χ4v) is 2.47. The normalized spacial score (nSPS) is 21.3. The van der Waals surface area contributed by atoms with Crippen molar-refractivity contribution >= 4 is 29.2 Å². The number of hydrogen-bond acceptors (Lipinski definition) is 4. The average Bonchev–Trinajstić information content (AvgIpc) is 2.82. The van der Waals surface area contributed by atoms with Gasteiger partial charge in [0.2, 0.25) is 0 Å². The van der Waals surface area contributed by atoms with Crippen molar-refractivity contribution in [1.29, 1.82) is 0 Å². The molecular weight excluding hydrogens is 300 g/mol. The van der Waals surface area contributed by atoms with E-state index in [2.05, 4.69) is 0 Å². The number of rotatable bonds is 3. The number of non-ortho nitro benzene ring substituents is 1. The molecule has 0 aliphatic carbocycles. The molecule has 0 saturated carbocycles. The standard InChI is InChI=1S/C13H13ClN2O5/c1-13(12(18)19)4-5-15(7-13)11(17)9-6-8(16(20)21)2-3-10(9)14/h2-3,6H,4-5,7H2,1H3,(H,18,19). The van der Waals surface area contributed by atoms with E-state index in [0.29, 0.717) is 6.42 Å². The number of nitro groups is 1. The van der Waals surface area contributed by atoms with E-state index in [1.54, 1.807) is 6.92 Å². The molecule has 1 amide bonds. The SMILES string of the molecule is CC1(C(=O)O)CCN(C(=O)c2cc([N+](=O)[O-])ccc2Cl)C1. The van der Waals surface area contributed by atoms with Gasteiger partial charge in [-0.15, -0.1) is 0 Å². The predicted octanol–water partition coefficient (Wildman–Crippen LogP) is 2.19. The van der Waals surface area contributed by atoms with Crippen molar-refractivity contribution in [2.75, 3.05) is 13.1 Å². The molecule has 0 aromatic heterocycles. The van der Waals surface area contributed by atoms with E-state index in [4.69, 9.17) is 16.7 Å². The zero-order valence-electron chi connectivity index (χ0n) is 11.2. The van der Waals surface area contributed by atoms with E-state index < -0.39 is 22.2 Å². The Labute approximate surface area is 125 Å². The molecule has 8 heteroatoms. The number of carboxylic acids is 1. The number of nitro benzene ring substituents is 1. The first-order valence-corrected chi connectivity index (χ1v) is 6.59. The summed E-state index contributed by atoms with van der Waals surface area (Å²) in [6.45, 7) is 1.90. The van der Waals surface area contributed by atoms with Crippen LogP contribution in [0.4, 0.5) is 5.69 Å². The number of nitrogens with zero attached hydrogens (tertiary/aromatic N) is 2. The summed E-state index contributed by atoms with van der Waals surface area (Å²) in [4.78, 5) is 35.1. The maximum Gasteiger partial charge on any atom is 0.311 e. The predicted molar refractivity (Wildman–Crippen MR) is 74.4 cm³/mol. The number of carboxylic acid groups (broad SMARTS) is 1. The highest BCUT2D eigenvalue weighted by atomic mass is 35.5. The van der Waals surface area contributed by atoms with Gasteiger partial charge in [0, 0.05) is 25.2 Å². The Morgan fingerprint density at radius 2 is 2.14 bits per heavy atom. The molecule has 0 bridgehead atoms. The van der Waals surface area contributed by atoms with Gasteiger partial charge in [0.25, 0.3) is 11.6 Å². The number of amides is 1. The van der Waals surface area contributed by atoms with Crippen LogP contribution in [0.5, 0.6) is 0 Å². The summed E-state index contributed by atoms with van der Waals surface area (Å²) in [6.07, 6.45) is 0.334. The van der Waals surface area contributed by atoms with Gasteiger partial charge in [-0.25, -0.2) is 0 Å². The lowest BCUT2D eigenvalue weighted by atomic mass is 9.90. The molecule has 1 aromatic rings. The van der Waals surface area contributed by atoms with Crippen LogP contribution >= 0.6 is 11.6 Å². The fourth-order valence-electron chi connectivity index (χ4n) is 2.27. The van der Waals surface area contributed by atoms with Crippen molar-refractivity contribution in [1.82, 2.24) is 4.90 Å². The molecule has 21 heavy (non-hydrogen) atoms. The van der Waals surface area contributed by atoms with E-state index in [0.717, 1.165) is 6.07 Å². The van der Waals surface area contributed by atoms with Gasteiger partial charge in [-0.1, -0.05) is 11.6 Å². The molecule has 1 aliphatic rings. The van der Waals surface area contributed by atoms with Gasteiger partial charge in [0.15, 0.2) is 0 Å². The van der Waals surface area contributed by atoms with Crippen LogP contribution in [0.25, 0.3) is 0 Å². The summed E-state index contributed by atoms with van der Waals surface area (Å²) in [5, 5.41) is 20.0. The fraction of sp³-hybridized carbons (Fsp3) is 0.385. The van der Waals surface area contributed by atoms with Crippen molar-refractivity contribution in [3.63, 3.8) is 0 Å². The lowest BCUT2D eigenvalue weighted by molar-refractivity contribution is -0.384. The third kappa shape index (κ3) is 2.82. The second-order valence-electron chi connectivity index (χ2n) is 5.26. The number of carbonyl (C=O) groups is 2. The van der Waals surface area contributed by atoms with Crippen LogP contribution in [0.1, 0.15) is 23.7 Å². The zero-order chi connectivity index (χ0) is 15.8.